The minimum absolute atomic E-state index is 0.00759. The fourth-order valence-corrected chi connectivity index (χ4v) is 13.3. The number of rotatable bonds is 56. The third-order valence-corrected chi connectivity index (χ3v) is 19.9. The molecular weight excluding hydrogens is 1600 g/mol. The highest BCUT2D eigenvalue weighted by molar-refractivity contribution is 6.00. The SMILES string of the molecule is CC[C@H](C)[C@H](NC(=O)[C@H](CCCNC(=N)N)NC(=O)[C@H](CCCNC(=N)N)NC(=O)[C@H](CN=C(N(C)C)N(C)C)NC(=O)[C@H](Cc1ccccc1)NC(=O)CNC(=O)[C@@H](CC(=O)O)NC(=O)[C@@H](N)Cc1ccc(O)cc1)C(=O)N[C@@H](CCCNC(=N)N)C(=O)N1CCC[C@H]1C(=O)N[C@@H](CCCCN)C(=O)N[C@@H](CC(C)C)C(=O)N[C@@H](CCCCN)C(N)=O. The molecule has 3 rings (SSSR count). The van der Waals surface area contributed by atoms with Crippen molar-refractivity contribution in [2.75, 3.05) is 80.5 Å². The van der Waals surface area contributed by atoms with E-state index in [0.29, 0.717) is 55.7 Å². The van der Waals surface area contributed by atoms with Crippen LogP contribution in [-0.4, -0.2) is 285 Å². The van der Waals surface area contributed by atoms with Crippen LogP contribution in [0.2, 0.25) is 0 Å². The zero-order valence-corrected chi connectivity index (χ0v) is 71.8. The van der Waals surface area contributed by atoms with Crippen molar-refractivity contribution in [2.24, 2.45) is 57.0 Å². The van der Waals surface area contributed by atoms with Gasteiger partial charge in [-0.05, 0) is 151 Å². The highest BCUT2D eigenvalue weighted by Gasteiger charge is 2.42. The molecule has 0 bridgehead atoms. The van der Waals surface area contributed by atoms with E-state index in [0.717, 1.165) is 0 Å². The first-order valence-electron chi connectivity index (χ1n) is 41.4. The van der Waals surface area contributed by atoms with Crippen molar-refractivity contribution < 1.29 is 77.3 Å². The molecule has 1 saturated heterocycles. The van der Waals surface area contributed by atoms with Crippen molar-refractivity contribution in [3.8, 4) is 5.75 Å². The molecule has 1 fully saturated rings. The van der Waals surface area contributed by atoms with E-state index in [1.165, 1.54) is 29.2 Å². The number of aliphatic carboxylic acids is 1. The summed E-state index contributed by atoms with van der Waals surface area (Å²) in [4.78, 5) is 208. The Morgan fingerprint density at radius 3 is 1.46 bits per heavy atom. The molecule has 123 heavy (non-hydrogen) atoms. The van der Waals surface area contributed by atoms with Gasteiger partial charge in [0.2, 0.25) is 76.8 Å². The summed E-state index contributed by atoms with van der Waals surface area (Å²) >= 11 is 0. The Morgan fingerprint density at radius 2 is 0.951 bits per heavy atom. The number of carboxylic acids is 1. The van der Waals surface area contributed by atoms with Gasteiger partial charge in [0.15, 0.2) is 23.8 Å². The molecule has 44 nitrogen and oxygen atoms in total. The quantitative estimate of drug-likeness (QED) is 0.0167. The molecule has 686 valence electrons. The van der Waals surface area contributed by atoms with Gasteiger partial charge in [-0.25, -0.2) is 0 Å². The summed E-state index contributed by atoms with van der Waals surface area (Å²) in [6.07, 6.45) is 1.37. The van der Waals surface area contributed by atoms with Crippen molar-refractivity contribution in [1.82, 2.24) is 89.1 Å². The lowest BCUT2D eigenvalue weighted by Crippen LogP contribution is -2.61. The number of aliphatic imine (C=N–C) groups is 1. The summed E-state index contributed by atoms with van der Waals surface area (Å²) in [6, 6.07) is -2.84. The minimum atomic E-state index is -1.74. The number of primary amides is 1. The summed E-state index contributed by atoms with van der Waals surface area (Å²) < 4.78 is 0. The fraction of sp³-hybridized carbons (Fsp3) is 0.620. The number of carbonyl (C=O) groups excluding carboxylic acids is 13. The Morgan fingerprint density at radius 1 is 0.504 bits per heavy atom. The van der Waals surface area contributed by atoms with E-state index in [2.05, 4.69) is 79.4 Å². The van der Waals surface area contributed by atoms with Gasteiger partial charge in [0.25, 0.3) is 0 Å². The number of hydrogen-bond donors (Lipinski definition) is 26. The van der Waals surface area contributed by atoms with Crippen LogP contribution in [0.3, 0.4) is 0 Å². The van der Waals surface area contributed by atoms with Gasteiger partial charge < -0.3 is 139 Å². The summed E-state index contributed by atoms with van der Waals surface area (Å²) in [5, 5.41) is 79.7. The molecule has 0 saturated carbocycles. The number of nitrogens with two attached hydrogens (primary N) is 7. The van der Waals surface area contributed by atoms with E-state index in [-0.39, 0.29) is 134 Å². The molecule has 0 aromatic heterocycles. The number of unbranched alkanes of at least 4 members (excludes halogenated alkanes) is 2. The predicted molar refractivity (Wildman–Crippen MR) is 460 cm³/mol. The number of carbonyl (C=O) groups is 14. The van der Waals surface area contributed by atoms with Crippen LogP contribution >= 0.6 is 0 Å². The van der Waals surface area contributed by atoms with Crippen LogP contribution in [0.25, 0.3) is 0 Å². The number of phenols is 1. The molecule has 1 aliphatic heterocycles. The van der Waals surface area contributed by atoms with E-state index in [1.807, 2.05) is 13.8 Å². The van der Waals surface area contributed by atoms with Crippen molar-refractivity contribution in [1.29, 1.82) is 16.2 Å². The Hall–Kier alpha value is -12.2. The zero-order chi connectivity index (χ0) is 92.0. The predicted octanol–water partition coefficient (Wildman–Crippen LogP) is -5.96. The number of nitrogens with zero attached hydrogens (tertiary/aromatic N) is 4. The summed E-state index contributed by atoms with van der Waals surface area (Å²) in [6.45, 7) is 6.30. The topological polar surface area (TPSA) is 724 Å². The van der Waals surface area contributed by atoms with Crippen LogP contribution in [-0.2, 0) is 80.0 Å². The van der Waals surface area contributed by atoms with Crippen LogP contribution in [0, 0.1) is 28.1 Å². The van der Waals surface area contributed by atoms with Gasteiger partial charge in [-0.15, -0.1) is 0 Å². The molecule has 1 aliphatic rings. The average Bonchev–Trinajstić information content (AvgIpc) is 1.72. The maximum atomic E-state index is 15.1. The van der Waals surface area contributed by atoms with Gasteiger partial charge in [-0.1, -0.05) is 76.6 Å². The van der Waals surface area contributed by atoms with Gasteiger partial charge in [0.1, 0.15) is 72.2 Å². The summed E-state index contributed by atoms with van der Waals surface area (Å²) in [7, 11) is 6.64. The molecular formula is C79H134N28O16. The second kappa shape index (κ2) is 55.7. The second-order valence-electron chi connectivity index (χ2n) is 31.1. The van der Waals surface area contributed by atoms with Crippen molar-refractivity contribution in [2.45, 2.75) is 222 Å². The smallest absolute Gasteiger partial charge is 0.305 e. The molecule has 13 atom stereocenters. The summed E-state index contributed by atoms with van der Waals surface area (Å²) in [5.74, 6) is -14.7. The molecule has 0 radical (unpaired) electrons. The lowest BCUT2D eigenvalue weighted by atomic mass is 9.96. The van der Waals surface area contributed by atoms with E-state index in [1.54, 1.807) is 82.2 Å². The van der Waals surface area contributed by atoms with Crippen LogP contribution in [0.1, 0.15) is 148 Å². The average molecular weight is 1730 g/mol. The molecule has 13 amide bonds. The highest BCUT2D eigenvalue weighted by Crippen LogP contribution is 2.22. The van der Waals surface area contributed by atoms with E-state index >= 15 is 24.0 Å². The third-order valence-electron chi connectivity index (χ3n) is 19.9. The monoisotopic (exact) mass is 1730 g/mol. The number of guanidine groups is 4. The number of hydrogen-bond acceptors (Lipinski definition) is 22. The number of amides is 13. The van der Waals surface area contributed by atoms with E-state index < -0.39 is 193 Å². The molecule has 1 heterocycles. The lowest BCUT2D eigenvalue weighted by Gasteiger charge is -2.32. The largest absolute Gasteiger partial charge is 0.508 e. The number of carboxylic acid groups (broad SMARTS) is 1. The number of benzene rings is 2. The molecule has 2 aromatic carbocycles. The van der Waals surface area contributed by atoms with Gasteiger partial charge >= 0.3 is 5.97 Å². The van der Waals surface area contributed by atoms with Crippen LogP contribution in [0.5, 0.6) is 5.75 Å². The van der Waals surface area contributed by atoms with Gasteiger partial charge in [0.05, 0.1) is 25.6 Å². The van der Waals surface area contributed by atoms with Crippen LogP contribution < -0.4 is 115 Å². The minimum Gasteiger partial charge on any atom is -0.508 e. The van der Waals surface area contributed by atoms with Crippen molar-refractivity contribution >= 4 is 107 Å². The van der Waals surface area contributed by atoms with E-state index in [9.17, 15) is 53.4 Å². The Balaban J connectivity index is 2.08. The number of nitrogens with one attached hydrogen (secondary N) is 17. The first-order chi connectivity index (χ1) is 58.2. The highest BCUT2D eigenvalue weighted by atomic mass is 16.4. The first-order valence-corrected chi connectivity index (χ1v) is 41.4. The van der Waals surface area contributed by atoms with Gasteiger partial charge in [-0.3, -0.25) is 88.3 Å². The Bertz CT molecular complexity index is 3850. The fourth-order valence-electron chi connectivity index (χ4n) is 13.3. The van der Waals surface area contributed by atoms with Crippen LogP contribution in [0.4, 0.5) is 0 Å². The standard InChI is InChI=1S/C79H134N28O16/c1-9-46(4)63(74(122)100-55(27-19-37-92-78(88)89)75(123)107-38-20-28-60(107)73(121)99-52(24-14-16-34-81)68(116)102-56(39-45(2)3)70(118)96-51(64(83)112)23-13-15-33-80)104-69(117)54(26-18-36-91-77(86)87)97-67(115)53(25-17-35-90-76(84)85)98-72(120)59(43-94-79(105(5)6)106(7)8)103-71(119)57(41-47-21-11-10-12-22-47)95-61(109)44-93-66(114)58(42-62(110)111)101-65(113)50(82)40-48-29-31-49(108)32-30-48/h10-12,21-22,29-32,45-46,50-60,63,108H,9,13-20,23-28,33-44,80-82H2,1-8H3,(H2,83,112)(H,93,114)(H,95,109)(H,96,118)(H,97,115)(H,98,120)(H,99,121)(H,100,122)(H,101,113)(H,102,116)(H,103,119)(H,104,117)(H,110,111)(H4,84,85,90)(H4,86,87,91)(H4,88,89,92)/t46-,50-,51-,52-,53-,54-,55-,56-,57-,58+,59-,60-,63-/m0/s1. The lowest BCUT2D eigenvalue weighted by molar-refractivity contribution is -0.143. The maximum absolute atomic E-state index is 15.1. The normalized spacial score (nSPS) is 15.2. The van der Waals surface area contributed by atoms with Crippen molar-refractivity contribution in [3.05, 3.63) is 65.7 Å². The van der Waals surface area contributed by atoms with Gasteiger partial charge in [0, 0.05) is 60.8 Å². The molecule has 0 spiro atoms. The molecule has 0 unspecified atom stereocenters. The summed E-state index contributed by atoms with van der Waals surface area (Å²) in [5.41, 5.74) is 41.2. The molecule has 2 aromatic rings. The zero-order valence-electron chi connectivity index (χ0n) is 71.8. The second-order valence-corrected chi connectivity index (χ2v) is 31.1. The van der Waals surface area contributed by atoms with E-state index in [4.69, 9.17) is 56.4 Å². The maximum Gasteiger partial charge on any atom is 0.305 e. The number of likely N-dealkylation sites (tertiary alicyclic amines) is 1. The molecule has 44 heteroatoms. The molecule has 0 aliphatic carbocycles. The number of phenolic OH excluding ortho intramolecular Hbond substituents is 1. The Labute approximate surface area is 717 Å². The van der Waals surface area contributed by atoms with Crippen LogP contribution in [0.15, 0.2) is 59.6 Å². The number of aromatic hydroxyl groups is 1. The Kier molecular flexibility index (Phi) is 47.5. The van der Waals surface area contributed by atoms with Gasteiger partial charge in [-0.2, -0.15) is 0 Å². The molecule has 33 N–H and O–H groups in total. The third kappa shape index (κ3) is 39.9. The first kappa shape index (κ1) is 105. The van der Waals surface area contributed by atoms with Crippen molar-refractivity contribution in [3.63, 3.8) is 0 Å².